The molecule has 0 radical (unpaired) electrons. The Kier molecular flexibility index (Phi) is 6.71. The Morgan fingerprint density at radius 2 is 1.84 bits per heavy atom. The predicted molar refractivity (Wildman–Crippen MR) is 99.8 cm³/mol. The Morgan fingerprint density at radius 3 is 2.52 bits per heavy atom. The molecule has 1 amide bonds. The summed E-state index contributed by atoms with van der Waals surface area (Å²) in [7, 11) is 3.01. The minimum Gasteiger partial charge on any atom is -0.495 e. The van der Waals surface area contributed by atoms with Crippen molar-refractivity contribution in [2.45, 2.75) is 6.92 Å². The average Bonchev–Trinajstić information content (AvgIpc) is 2.62. The topological polar surface area (TPSA) is 56.8 Å². The molecule has 0 spiro atoms. The summed E-state index contributed by atoms with van der Waals surface area (Å²) in [5, 5.41) is 3.16. The maximum atomic E-state index is 12.2. The number of hydrogen-bond acceptors (Lipinski definition) is 4. The summed E-state index contributed by atoms with van der Waals surface area (Å²) >= 11 is 6.06. The molecular formula is C19H20ClNO4. The summed E-state index contributed by atoms with van der Waals surface area (Å²) < 4.78 is 15.9. The second-order valence-corrected chi connectivity index (χ2v) is 5.39. The van der Waals surface area contributed by atoms with Crippen LogP contribution in [-0.4, -0.2) is 26.7 Å². The van der Waals surface area contributed by atoms with Crippen molar-refractivity contribution in [3.63, 3.8) is 0 Å². The summed E-state index contributed by atoms with van der Waals surface area (Å²) in [6, 6.07) is 10.7. The molecule has 0 heterocycles. The van der Waals surface area contributed by atoms with Gasteiger partial charge in [0.2, 0.25) is 5.91 Å². The molecule has 0 unspecified atom stereocenters. The predicted octanol–water partition coefficient (Wildman–Crippen LogP) is 4.41. The van der Waals surface area contributed by atoms with Crippen LogP contribution in [0.15, 0.2) is 42.5 Å². The van der Waals surface area contributed by atoms with Gasteiger partial charge >= 0.3 is 0 Å². The van der Waals surface area contributed by atoms with Gasteiger partial charge in [-0.1, -0.05) is 29.8 Å². The van der Waals surface area contributed by atoms with Crippen LogP contribution in [0.25, 0.3) is 6.08 Å². The molecule has 2 rings (SSSR count). The molecule has 6 heteroatoms. The molecule has 1 N–H and O–H groups in total. The van der Waals surface area contributed by atoms with Gasteiger partial charge in [0, 0.05) is 23.8 Å². The lowest BCUT2D eigenvalue weighted by Gasteiger charge is -2.12. The molecule has 0 aliphatic carbocycles. The van der Waals surface area contributed by atoms with Crippen LogP contribution in [0.4, 0.5) is 5.69 Å². The standard InChI is InChI=1S/C19H20ClNO4/c1-4-25-16-8-6-5-7-13(16)9-10-19(22)21-15-12-17(23-2)14(20)11-18(15)24-3/h5-12H,4H2,1-3H3,(H,21,22)/b10-9+. The Morgan fingerprint density at radius 1 is 1.12 bits per heavy atom. The fourth-order valence-corrected chi connectivity index (χ4v) is 2.43. The van der Waals surface area contributed by atoms with E-state index in [9.17, 15) is 4.79 Å². The number of nitrogens with one attached hydrogen (secondary N) is 1. The third kappa shape index (κ3) is 4.90. The monoisotopic (exact) mass is 361 g/mol. The summed E-state index contributed by atoms with van der Waals surface area (Å²) in [5.74, 6) is 1.31. The fourth-order valence-electron chi connectivity index (χ4n) is 2.20. The Labute approximate surface area is 152 Å². The number of rotatable bonds is 7. The summed E-state index contributed by atoms with van der Waals surface area (Å²) in [4.78, 5) is 12.2. The highest BCUT2D eigenvalue weighted by atomic mass is 35.5. The summed E-state index contributed by atoms with van der Waals surface area (Å²) in [6.45, 7) is 2.46. The molecule has 0 atom stereocenters. The molecule has 5 nitrogen and oxygen atoms in total. The first-order valence-corrected chi connectivity index (χ1v) is 8.09. The maximum absolute atomic E-state index is 12.2. The van der Waals surface area contributed by atoms with Crippen molar-refractivity contribution in [1.82, 2.24) is 0 Å². The lowest BCUT2D eigenvalue weighted by atomic mass is 10.2. The highest BCUT2D eigenvalue weighted by Crippen LogP contribution is 2.35. The lowest BCUT2D eigenvalue weighted by Crippen LogP contribution is -2.09. The molecule has 0 aliphatic heterocycles. The van der Waals surface area contributed by atoms with E-state index < -0.39 is 0 Å². The molecule has 2 aromatic rings. The van der Waals surface area contributed by atoms with Gasteiger partial charge in [0.1, 0.15) is 17.2 Å². The molecule has 0 bridgehead atoms. The maximum Gasteiger partial charge on any atom is 0.248 e. The van der Waals surface area contributed by atoms with Crippen molar-refractivity contribution in [2.75, 3.05) is 26.1 Å². The first-order valence-electron chi connectivity index (χ1n) is 7.71. The summed E-state index contributed by atoms with van der Waals surface area (Å²) in [6.07, 6.45) is 3.12. The van der Waals surface area contributed by atoms with Crippen LogP contribution in [0.2, 0.25) is 5.02 Å². The first-order chi connectivity index (χ1) is 12.1. The number of methoxy groups -OCH3 is 2. The van der Waals surface area contributed by atoms with E-state index in [1.807, 2.05) is 31.2 Å². The zero-order valence-corrected chi connectivity index (χ0v) is 15.1. The van der Waals surface area contributed by atoms with Gasteiger partial charge < -0.3 is 19.5 Å². The van der Waals surface area contributed by atoms with Crippen molar-refractivity contribution in [3.05, 3.63) is 53.1 Å². The van der Waals surface area contributed by atoms with Crippen LogP contribution in [0.5, 0.6) is 17.2 Å². The van der Waals surface area contributed by atoms with Gasteiger partial charge in [-0.15, -0.1) is 0 Å². The van der Waals surface area contributed by atoms with Crippen molar-refractivity contribution in [3.8, 4) is 17.2 Å². The second kappa shape index (κ2) is 8.99. The lowest BCUT2D eigenvalue weighted by molar-refractivity contribution is -0.111. The number of ether oxygens (including phenoxy) is 3. The normalized spacial score (nSPS) is 10.6. The zero-order valence-electron chi connectivity index (χ0n) is 14.3. The number of carbonyl (C=O) groups excluding carboxylic acids is 1. The SMILES string of the molecule is CCOc1ccccc1/C=C/C(=O)Nc1cc(OC)c(Cl)cc1OC. The third-order valence-corrected chi connectivity index (χ3v) is 3.66. The van der Waals surface area contributed by atoms with Gasteiger partial charge in [-0.3, -0.25) is 4.79 Å². The highest BCUT2D eigenvalue weighted by Gasteiger charge is 2.11. The van der Waals surface area contributed by atoms with Crippen LogP contribution in [0.3, 0.4) is 0 Å². The molecular weight excluding hydrogens is 342 g/mol. The van der Waals surface area contributed by atoms with Crippen LogP contribution in [0.1, 0.15) is 12.5 Å². The number of hydrogen-bond donors (Lipinski definition) is 1. The van der Waals surface area contributed by atoms with E-state index in [0.717, 1.165) is 11.3 Å². The van der Waals surface area contributed by atoms with Crippen LogP contribution < -0.4 is 19.5 Å². The van der Waals surface area contributed by atoms with Gasteiger partial charge in [0.15, 0.2) is 0 Å². The number of carbonyl (C=O) groups is 1. The van der Waals surface area contributed by atoms with E-state index in [2.05, 4.69) is 5.32 Å². The van der Waals surface area contributed by atoms with E-state index in [1.54, 1.807) is 18.2 Å². The van der Waals surface area contributed by atoms with Crippen molar-refractivity contribution in [1.29, 1.82) is 0 Å². The zero-order chi connectivity index (χ0) is 18.2. The average molecular weight is 362 g/mol. The fraction of sp³-hybridized carbons (Fsp3) is 0.211. The Bertz CT molecular complexity index is 774. The molecule has 132 valence electrons. The van der Waals surface area contributed by atoms with E-state index in [0.29, 0.717) is 28.8 Å². The Hall–Kier alpha value is -2.66. The largest absolute Gasteiger partial charge is 0.495 e. The van der Waals surface area contributed by atoms with Crippen LogP contribution in [0, 0.1) is 0 Å². The number of para-hydroxylation sites is 1. The van der Waals surface area contributed by atoms with Gasteiger partial charge in [-0.2, -0.15) is 0 Å². The smallest absolute Gasteiger partial charge is 0.248 e. The molecule has 0 fully saturated rings. The quantitative estimate of drug-likeness (QED) is 0.742. The van der Waals surface area contributed by atoms with Gasteiger partial charge in [0.05, 0.1) is 31.5 Å². The van der Waals surface area contributed by atoms with E-state index in [-0.39, 0.29) is 5.91 Å². The minimum absolute atomic E-state index is 0.311. The Balaban J connectivity index is 2.18. The molecule has 25 heavy (non-hydrogen) atoms. The molecule has 0 aromatic heterocycles. The molecule has 0 saturated carbocycles. The first kappa shape index (κ1) is 18.7. The number of halogens is 1. The number of benzene rings is 2. The van der Waals surface area contributed by atoms with Gasteiger partial charge in [0.25, 0.3) is 0 Å². The van der Waals surface area contributed by atoms with E-state index in [4.69, 9.17) is 25.8 Å². The summed E-state index contributed by atoms with van der Waals surface area (Å²) in [5.41, 5.74) is 1.29. The van der Waals surface area contributed by atoms with Crippen molar-refractivity contribution < 1.29 is 19.0 Å². The minimum atomic E-state index is -0.311. The van der Waals surface area contributed by atoms with Crippen LogP contribution in [-0.2, 0) is 4.79 Å². The molecule has 2 aromatic carbocycles. The third-order valence-electron chi connectivity index (χ3n) is 3.36. The number of amides is 1. The van der Waals surface area contributed by atoms with Gasteiger partial charge in [-0.25, -0.2) is 0 Å². The van der Waals surface area contributed by atoms with Crippen molar-refractivity contribution >= 4 is 29.3 Å². The van der Waals surface area contributed by atoms with E-state index in [1.165, 1.54) is 20.3 Å². The number of anilines is 1. The molecule has 0 aliphatic rings. The van der Waals surface area contributed by atoms with Crippen LogP contribution >= 0.6 is 11.6 Å². The second-order valence-electron chi connectivity index (χ2n) is 4.98. The van der Waals surface area contributed by atoms with E-state index >= 15 is 0 Å². The van der Waals surface area contributed by atoms with Crippen molar-refractivity contribution in [2.24, 2.45) is 0 Å². The van der Waals surface area contributed by atoms with Gasteiger partial charge in [-0.05, 0) is 19.1 Å². The highest BCUT2D eigenvalue weighted by molar-refractivity contribution is 6.32. The molecule has 0 saturated heterocycles.